The number of hydrogen-bond acceptors (Lipinski definition) is 4. The molecule has 128 valence electrons. The van der Waals surface area contributed by atoms with E-state index in [4.69, 9.17) is 5.73 Å². The van der Waals surface area contributed by atoms with Gasteiger partial charge in [-0.15, -0.1) is 0 Å². The van der Waals surface area contributed by atoms with E-state index in [0.717, 1.165) is 12.1 Å². The summed E-state index contributed by atoms with van der Waals surface area (Å²) < 4.78 is 1.71. The van der Waals surface area contributed by atoms with Crippen LogP contribution in [0.2, 0.25) is 0 Å². The summed E-state index contributed by atoms with van der Waals surface area (Å²) >= 11 is 0. The van der Waals surface area contributed by atoms with Gasteiger partial charge >= 0.3 is 0 Å². The van der Waals surface area contributed by atoms with Gasteiger partial charge in [-0.3, -0.25) is 4.79 Å². The second kappa shape index (κ2) is 7.77. The van der Waals surface area contributed by atoms with Gasteiger partial charge in [0, 0.05) is 24.8 Å². The van der Waals surface area contributed by atoms with Crippen molar-refractivity contribution in [2.24, 2.45) is 5.73 Å². The fourth-order valence-electron chi connectivity index (χ4n) is 2.66. The normalized spacial score (nSPS) is 16.9. The lowest BCUT2D eigenvalue weighted by Gasteiger charge is -2.19. The van der Waals surface area contributed by atoms with Crippen molar-refractivity contribution in [2.45, 2.75) is 19.4 Å². The van der Waals surface area contributed by atoms with Crippen LogP contribution in [0.1, 0.15) is 17.7 Å². The van der Waals surface area contributed by atoms with Crippen molar-refractivity contribution >= 4 is 5.70 Å². The molecule has 0 fully saturated rings. The number of nitrogens with two attached hydrogens (primary N) is 1. The minimum atomic E-state index is -0.133. The third kappa shape index (κ3) is 4.14. The molecule has 1 aromatic heterocycles. The fraction of sp³-hybridized carbons (Fsp3) is 0.200. The third-order valence-electron chi connectivity index (χ3n) is 4.01. The zero-order chi connectivity index (χ0) is 17.6. The van der Waals surface area contributed by atoms with Crippen LogP contribution in [-0.4, -0.2) is 22.4 Å². The number of benzene rings is 1. The maximum Gasteiger partial charge on any atom is 0.209 e. The first-order valence-corrected chi connectivity index (χ1v) is 8.35. The molecule has 2 aromatic rings. The quantitative estimate of drug-likeness (QED) is 0.880. The van der Waals surface area contributed by atoms with Crippen LogP contribution < -0.4 is 16.5 Å². The summed E-state index contributed by atoms with van der Waals surface area (Å²) in [5.74, 6) is 0. The van der Waals surface area contributed by atoms with Crippen LogP contribution in [0.15, 0.2) is 71.7 Å². The molecule has 0 saturated heterocycles. The molecule has 0 spiro atoms. The molecule has 1 aromatic carbocycles. The summed E-state index contributed by atoms with van der Waals surface area (Å²) in [6, 6.07) is 9.64. The van der Waals surface area contributed by atoms with Gasteiger partial charge in [0.15, 0.2) is 5.69 Å². The number of aromatic nitrogens is 2. The predicted octanol–water partition coefficient (Wildman–Crippen LogP) is 2.31. The van der Waals surface area contributed by atoms with Gasteiger partial charge in [0.25, 0.3) is 0 Å². The van der Waals surface area contributed by atoms with Crippen molar-refractivity contribution in [3.8, 4) is 5.69 Å². The monoisotopic (exact) mass is 334 g/mol. The van der Waals surface area contributed by atoms with Crippen molar-refractivity contribution in [1.82, 2.24) is 15.1 Å². The molecule has 0 radical (unpaired) electrons. The summed E-state index contributed by atoms with van der Waals surface area (Å²) in [6.45, 7) is 2.36. The van der Waals surface area contributed by atoms with Crippen molar-refractivity contribution in [1.29, 1.82) is 0 Å². The van der Waals surface area contributed by atoms with Crippen LogP contribution in [0.3, 0.4) is 0 Å². The van der Waals surface area contributed by atoms with Crippen molar-refractivity contribution in [3.63, 3.8) is 0 Å². The topological polar surface area (TPSA) is 72.9 Å². The molecule has 1 heterocycles. The average molecular weight is 334 g/mol. The molecule has 1 aliphatic rings. The van der Waals surface area contributed by atoms with Gasteiger partial charge in [0.2, 0.25) is 5.43 Å². The first-order valence-electron chi connectivity index (χ1n) is 8.35. The van der Waals surface area contributed by atoms with Gasteiger partial charge in [0.1, 0.15) is 0 Å². The molecule has 5 nitrogen and oxygen atoms in total. The minimum absolute atomic E-state index is 0.122. The maximum atomic E-state index is 12.4. The molecule has 1 atom stereocenters. The van der Waals surface area contributed by atoms with Gasteiger partial charge in [-0.1, -0.05) is 42.0 Å². The van der Waals surface area contributed by atoms with E-state index in [9.17, 15) is 4.79 Å². The van der Waals surface area contributed by atoms with Crippen LogP contribution >= 0.6 is 0 Å². The van der Waals surface area contributed by atoms with Gasteiger partial charge in [-0.2, -0.15) is 5.10 Å². The summed E-state index contributed by atoms with van der Waals surface area (Å²) in [7, 11) is 0. The second-order valence-electron chi connectivity index (χ2n) is 5.96. The predicted molar refractivity (Wildman–Crippen MR) is 101 cm³/mol. The van der Waals surface area contributed by atoms with Crippen LogP contribution in [0, 0.1) is 6.92 Å². The maximum absolute atomic E-state index is 12.4. The number of hydrogen-bond donors (Lipinski definition) is 2. The van der Waals surface area contributed by atoms with E-state index in [-0.39, 0.29) is 11.5 Å². The fourth-order valence-corrected chi connectivity index (χ4v) is 2.66. The van der Waals surface area contributed by atoms with Crippen LogP contribution in [0.25, 0.3) is 11.4 Å². The summed E-state index contributed by atoms with van der Waals surface area (Å²) in [5.41, 5.74) is 8.68. The number of allylic oxidation sites excluding steroid dienone is 2. The van der Waals surface area contributed by atoms with Crippen LogP contribution in [0.4, 0.5) is 0 Å². The smallest absolute Gasteiger partial charge is 0.209 e. The molecule has 5 heteroatoms. The van der Waals surface area contributed by atoms with Gasteiger partial charge < -0.3 is 11.1 Å². The Morgan fingerprint density at radius 2 is 2.12 bits per heavy atom. The summed E-state index contributed by atoms with van der Waals surface area (Å²) in [4.78, 5) is 12.4. The minimum Gasteiger partial charge on any atom is -0.377 e. The highest BCUT2D eigenvalue weighted by Gasteiger charge is 2.13. The molecule has 0 saturated carbocycles. The number of rotatable bonds is 5. The van der Waals surface area contributed by atoms with Crippen molar-refractivity contribution in [2.75, 3.05) is 6.54 Å². The first kappa shape index (κ1) is 16.9. The lowest BCUT2D eigenvalue weighted by atomic mass is 10.1. The van der Waals surface area contributed by atoms with Crippen molar-refractivity contribution < 1.29 is 0 Å². The van der Waals surface area contributed by atoms with E-state index in [1.807, 2.05) is 43.3 Å². The summed E-state index contributed by atoms with van der Waals surface area (Å²) in [5, 5.41) is 7.90. The third-order valence-corrected chi connectivity index (χ3v) is 4.01. The lowest BCUT2D eigenvalue weighted by Crippen LogP contribution is -2.30. The number of aryl methyl sites for hydroxylation is 1. The molecule has 1 aliphatic carbocycles. The number of nitrogens with zero attached hydrogens (tertiary/aromatic N) is 2. The van der Waals surface area contributed by atoms with E-state index in [1.165, 1.54) is 11.6 Å². The second-order valence-corrected chi connectivity index (χ2v) is 5.96. The van der Waals surface area contributed by atoms with Gasteiger partial charge in [-0.25, -0.2) is 4.68 Å². The molecule has 25 heavy (non-hydrogen) atoms. The lowest BCUT2D eigenvalue weighted by molar-refractivity contribution is 0.707. The highest BCUT2D eigenvalue weighted by molar-refractivity contribution is 5.61. The van der Waals surface area contributed by atoms with E-state index in [0.29, 0.717) is 17.9 Å². The zero-order valence-electron chi connectivity index (χ0n) is 14.2. The summed E-state index contributed by atoms with van der Waals surface area (Å²) in [6.07, 6.45) is 12.5. The molecule has 3 rings (SSSR count). The molecular weight excluding hydrogens is 312 g/mol. The highest BCUT2D eigenvalue weighted by atomic mass is 16.1. The molecule has 0 bridgehead atoms. The van der Waals surface area contributed by atoms with Crippen LogP contribution in [0.5, 0.6) is 0 Å². The van der Waals surface area contributed by atoms with E-state index >= 15 is 0 Å². The Morgan fingerprint density at radius 3 is 2.80 bits per heavy atom. The van der Waals surface area contributed by atoms with E-state index in [2.05, 4.69) is 22.6 Å². The highest BCUT2D eigenvalue weighted by Crippen LogP contribution is 2.12. The molecule has 0 amide bonds. The van der Waals surface area contributed by atoms with Gasteiger partial charge in [0.05, 0.1) is 11.4 Å². The standard InChI is InChI=1S/C20H22N4O/c1-15-7-9-17(10-8-15)24-14-12-19(25)20(23-24)18(11-13-21)22-16-5-3-2-4-6-16/h2-5,7-12,14,16,22H,6,13,21H2,1H3/b18-11-. The molecule has 3 N–H and O–H groups in total. The number of nitrogens with one attached hydrogen (secondary N) is 1. The molecule has 0 aliphatic heterocycles. The molecule has 1 unspecified atom stereocenters. The van der Waals surface area contributed by atoms with Gasteiger partial charge in [-0.05, 0) is 31.6 Å². The van der Waals surface area contributed by atoms with Crippen molar-refractivity contribution in [3.05, 3.63) is 88.4 Å². The zero-order valence-corrected chi connectivity index (χ0v) is 14.2. The molecular formula is C20H22N4O. The Labute approximate surface area is 147 Å². The Morgan fingerprint density at radius 1 is 1.32 bits per heavy atom. The Bertz CT molecular complexity index is 875. The van der Waals surface area contributed by atoms with E-state index in [1.54, 1.807) is 17.0 Å². The average Bonchev–Trinajstić information content (AvgIpc) is 2.63. The Hall–Kier alpha value is -2.92. The Kier molecular flexibility index (Phi) is 5.26. The Balaban J connectivity index is 1.95. The van der Waals surface area contributed by atoms with Crippen LogP contribution in [-0.2, 0) is 0 Å². The van der Waals surface area contributed by atoms with E-state index < -0.39 is 0 Å². The largest absolute Gasteiger partial charge is 0.377 e. The SMILES string of the molecule is Cc1ccc(-n2ccc(=O)c(/C(=C/CN)NC3C=CC=CC3)n2)cc1. The first-order chi connectivity index (χ1) is 12.2.